The molecule has 33 heavy (non-hydrogen) atoms. The van der Waals surface area contributed by atoms with Crippen LogP contribution in [0.1, 0.15) is 23.0 Å². The van der Waals surface area contributed by atoms with Crippen LogP contribution in [0, 0.1) is 0 Å². The molecule has 7 nitrogen and oxygen atoms in total. The number of aromatic nitrogens is 1. The molecule has 3 rings (SSSR count). The van der Waals surface area contributed by atoms with Crippen LogP contribution < -0.4 is 10.6 Å². The maximum atomic E-state index is 12.4. The maximum Gasteiger partial charge on any atom is 0.311 e. The standard InChI is InChI=1S/C22H19Cl2N3O4S2/c1-2-31-20(29)10-15-11-33-22(26-15)27-19(28)12-32-16-6-4-14(5-7-16)25-21(30)17-8-3-13(23)9-18(17)24/h3-9,11H,2,10,12H2,1H3,(H,25,30)(H,26,27,28). The molecule has 0 radical (unpaired) electrons. The smallest absolute Gasteiger partial charge is 0.311 e. The van der Waals surface area contributed by atoms with Gasteiger partial charge < -0.3 is 15.4 Å². The highest BCUT2D eigenvalue weighted by molar-refractivity contribution is 8.00. The number of thioether (sulfide) groups is 1. The Morgan fingerprint density at radius 1 is 1.09 bits per heavy atom. The lowest BCUT2D eigenvalue weighted by atomic mass is 10.2. The number of hydrogen-bond donors (Lipinski definition) is 2. The first kappa shape index (κ1) is 25.0. The van der Waals surface area contributed by atoms with Crippen LogP contribution in [-0.4, -0.2) is 35.1 Å². The van der Waals surface area contributed by atoms with Crippen LogP contribution in [0.15, 0.2) is 52.7 Å². The van der Waals surface area contributed by atoms with E-state index in [0.717, 1.165) is 4.90 Å². The molecule has 0 bridgehead atoms. The number of halogens is 2. The van der Waals surface area contributed by atoms with Crippen molar-refractivity contribution in [3.63, 3.8) is 0 Å². The predicted octanol–water partition coefficient (Wildman–Crippen LogP) is 5.54. The molecule has 0 saturated carbocycles. The number of anilines is 2. The SMILES string of the molecule is CCOC(=O)Cc1csc(NC(=O)CSc2ccc(NC(=O)c3ccc(Cl)cc3Cl)cc2)n1. The summed E-state index contributed by atoms with van der Waals surface area (Å²) >= 11 is 14.5. The van der Waals surface area contributed by atoms with Crippen LogP contribution in [-0.2, 0) is 20.7 Å². The van der Waals surface area contributed by atoms with Crippen molar-refractivity contribution in [3.05, 3.63) is 69.1 Å². The fraction of sp³-hybridized carbons (Fsp3) is 0.182. The van der Waals surface area contributed by atoms with Gasteiger partial charge in [0.25, 0.3) is 5.91 Å². The second kappa shape index (κ2) is 12.0. The average Bonchev–Trinajstić information content (AvgIpc) is 3.19. The molecule has 0 aliphatic heterocycles. The van der Waals surface area contributed by atoms with Gasteiger partial charge in [0.1, 0.15) is 0 Å². The first-order chi connectivity index (χ1) is 15.8. The van der Waals surface area contributed by atoms with Crippen molar-refractivity contribution in [1.29, 1.82) is 0 Å². The van der Waals surface area contributed by atoms with E-state index in [-0.39, 0.29) is 35.0 Å². The van der Waals surface area contributed by atoms with E-state index in [2.05, 4.69) is 15.6 Å². The monoisotopic (exact) mass is 523 g/mol. The summed E-state index contributed by atoms with van der Waals surface area (Å²) in [6.07, 6.45) is 0.0715. The van der Waals surface area contributed by atoms with Crippen LogP contribution >= 0.6 is 46.3 Å². The van der Waals surface area contributed by atoms with Crippen molar-refractivity contribution in [2.24, 2.45) is 0 Å². The first-order valence-corrected chi connectivity index (χ1v) is 12.3. The van der Waals surface area contributed by atoms with Crippen LogP contribution in [0.3, 0.4) is 0 Å². The minimum absolute atomic E-state index is 0.0715. The molecule has 1 aromatic heterocycles. The summed E-state index contributed by atoms with van der Waals surface area (Å²) in [5, 5.41) is 8.36. The van der Waals surface area contributed by atoms with Gasteiger partial charge in [-0.05, 0) is 49.4 Å². The van der Waals surface area contributed by atoms with Crippen LogP contribution in [0.2, 0.25) is 10.0 Å². The fourth-order valence-electron chi connectivity index (χ4n) is 2.62. The van der Waals surface area contributed by atoms with Gasteiger partial charge in [-0.25, -0.2) is 4.98 Å². The number of nitrogens with one attached hydrogen (secondary N) is 2. The van der Waals surface area contributed by atoms with Crippen molar-refractivity contribution >= 4 is 74.9 Å². The Hall–Kier alpha value is -2.59. The molecule has 2 amide bonds. The van der Waals surface area contributed by atoms with E-state index in [0.29, 0.717) is 33.7 Å². The minimum atomic E-state index is -0.355. The van der Waals surface area contributed by atoms with Crippen LogP contribution in [0.25, 0.3) is 0 Å². The van der Waals surface area contributed by atoms with Crippen LogP contribution in [0.4, 0.5) is 10.8 Å². The van der Waals surface area contributed by atoms with Crippen molar-refractivity contribution in [1.82, 2.24) is 4.98 Å². The number of carbonyl (C=O) groups excluding carboxylic acids is 3. The number of amides is 2. The summed E-state index contributed by atoms with van der Waals surface area (Å²) in [6, 6.07) is 11.8. The number of carbonyl (C=O) groups is 3. The Bertz CT molecular complexity index is 1150. The third-order valence-electron chi connectivity index (χ3n) is 4.09. The highest BCUT2D eigenvalue weighted by atomic mass is 35.5. The Labute approximate surface area is 208 Å². The van der Waals surface area contributed by atoms with Gasteiger partial charge in [0.2, 0.25) is 5.91 Å². The Kier molecular flexibility index (Phi) is 9.13. The molecule has 0 unspecified atom stereocenters. The van der Waals surface area contributed by atoms with Gasteiger partial charge in [-0.3, -0.25) is 14.4 Å². The Morgan fingerprint density at radius 3 is 2.55 bits per heavy atom. The van der Waals surface area contributed by atoms with E-state index < -0.39 is 0 Å². The number of thiazole rings is 1. The molecular formula is C22H19Cl2N3O4S2. The van der Waals surface area contributed by atoms with Gasteiger partial charge in [0.15, 0.2) is 5.13 Å². The third-order valence-corrected chi connectivity index (χ3v) is 6.45. The van der Waals surface area contributed by atoms with E-state index in [1.54, 1.807) is 48.7 Å². The molecule has 0 aliphatic rings. The van der Waals surface area contributed by atoms with E-state index in [1.165, 1.54) is 29.2 Å². The highest BCUT2D eigenvalue weighted by Gasteiger charge is 2.12. The van der Waals surface area contributed by atoms with E-state index in [9.17, 15) is 14.4 Å². The van der Waals surface area contributed by atoms with Gasteiger partial charge in [-0.2, -0.15) is 0 Å². The summed E-state index contributed by atoms with van der Waals surface area (Å²) in [4.78, 5) is 41.2. The van der Waals surface area contributed by atoms with Gasteiger partial charge in [-0.1, -0.05) is 23.2 Å². The number of ether oxygens (including phenoxy) is 1. The summed E-state index contributed by atoms with van der Waals surface area (Å²) in [5.41, 5.74) is 1.47. The largest absolute Gasteiger partial charge is 0.466 e. The fourth-order valence-corrected chi connectivity index (χ4v) is 4.54. The number of nitrogens with zero attached hydrogens (tertiary/aromatic N) is 1. The molecule has 0 saturated heterocycles. The second-order valence-electron chi connectivity index (χ2n) is 6.57. The molecule has 2 N–H and O–H groups in total. The molecule has 0 atom stereocenters. The minimum Gasteiger partial charge on any atom is -0.466 e. The second-order valence-corrected chi connectivity index (χ2v) is 9.32. The van der Waals surface area contributed by atoms with Gasteiger partial charge >= 0.3 is 5.97 Å². The molecular weight excluding hydrogens is 505 g/mol. The van der Waals surface area contributed by atoms with E-state index >= 15 is 0 Å². The molecule has 1 heterocycles. The van der Waals surface area contributed by atoms with Crippen molar-refractivity contribution in [3.8, 4) is 0 Å². The highest BCUT2D eigenvalue weighted by Crippen LogP contribution is 2.24. The van der Waals surface area contributed by atoms with E-state index in [1.807, 2.05) is 0 Å². The van der Waals surface area contributed by atoms with Gasteiger partial charge in [0, 0.05) is 21.0 Å². The van der Waals surface area contributed by atoms with Crippen molar-refractivity contribution in [2.45, 2.75) is 18.2 Å². The first-order valence-electron chi connectivity index (χ1n) is 9.73. The average molecular weight is 524 g/mol. The Balaban J connectivity index is 1.47. The molecule has 0 aliphatic carbocycles. The van der Waals surface area contributed by atoms with Crippen molar-refractivity contribution < 1.29 is 19.1 Å². The normalized spacial score (nSPS) is 10.5. The number of rotatable bonds is 9. The van der Waals surface area contributed by atoms with E-state index in [4.69, 9.17) is 27.9 Å². The molecule has 2 aromatic carbocycles. The number of hydrogen-bond acceptors (Lipinski definition) is 7. The van der Waals surface area contributed by atoms with Gasteiger partial charge in [-0.15, -0.1) is 23.1 Å². The summed E-state index contributed by atoms with van der Waals surface area (Å²) in [7, 11) is 0. The zero-order chi connectivity index (χ0) is 23.8. The third kappa shape index (κ3) is 7.75. The molecule has 3 aromatic rings. The molecule has 11 heteroatoms. The summed E-state index contributed by atoms with van der Waals surface area (Å²) < 4.78 is 4.89. The summed E-state index contributed by atoms with van der Waals surface area (Å²) in [6.45, 7) is 2.05. The zero-order valence-corrected chi connectivity index (χ0v) is 20.5. The lowest BCUT2D eigenvalue weighted by Gasteiger charge is -2.08. The lowest BCUT2D eigenvalue weighted by molar-refractivity contribution is -0.142. The molecule has 172 valence electrons. The zero-order valence-electron chi connectivity index (χ0n) is 17.4. The Morgan fingerprint density at radius 2 is 1.85 bits per heavy atom. The summed E-state index contributed by atoms with van der Waals surface area (Å²) in [5.74, 6) is -0.736. The van der Waals surface area contributed by atoms with Crippen LogP contribution in [0.5, 0.6) is 0 Å². The van der Waals surface area contributed by atoms with Gasteiger partial charge in [0.05, 0.1) is 35.1 Å². The quantitative estimate of drug-likeness (QED) is 0.282. The molecule has 0 fully saturated rings. The maximum absolute atomic E-state index is 12.4. The topological polar surface area (TPSA) is 97.4 Å². The lowest BCUT2D eigenvalue weighted by Crippen LogP contribution is -2.14. The molecule has 0 spiro atoms. The van der Waals surface area contributed by atoms with Crippen molar-refractivity contribution in [2.75, 3.05) is 23.0 Å². The number of benzene rings is 2. The predicted molar refractivity (Wildman–Crippen MR) is 133 cm³/mol. The number of esters is 1.